The molecule has 4 nitrogen and oxygen atoms in total. The van der Waals surface area contributed by atoms with Gasteiger partial charge in [0.15, 0.2) is 5.16 Å². The van der Waals surface area contributed by atoms with Crippen LogP contribution in [0.5, 0.6) is 0 Å². The molecule has 0 saturated heterocycles. The van der Waals surface area contributed by atoms with Crippen molar-refractivity contribution in [3.8, 4) is 0 Å². The van der Waals surface area contributed by atoms with Crippen molar-refractivity contribution in [3.05, 3.63) is 59.9 Å². The van der Waals surface area contributed by atoms with Crippen LogP contribution in [0.1, 0.15) is 38.2 Å². The first-order valence-corrected chi connectivity index (χ1v) is 11.2. The third kappa shape index (κ3) is 6.32. The summed E-state index contributed by atoms with van der Waals surface area (Å²) in [5.74, 6) is 0.0790. The molecule has 0 bridgehead atoms. The molecule has 3 rings (SSSR count). The largest absolute Gasteiger partial charge is 0.355 e. The van der Waals surface area contributed by atoms with Gasteiger partial charge >= 0.3 is 0 Å². The number of thioether (sulfide) groups is 1. The zero-order chi connectivity index (χ0) is 20.5. The Balaban J connectivity index is 1.53. The Labute approximate surface area is 175 Å². The predicted molar refractivity (Wildman–Crippen MR) is 118 cm³/mol. The van der Waals surface area contributed by atoms with Crippen molar-refractivity contribution in [1.29, 1.82) is 0 Å². The molecule has 0 aliphatic heterocycles. The van der Waals surface area contributed by atoms with E-state index in [0.717, 1.165) is 34.7 Å². The maximum absolute atomic E-state index is 12.9. The van der Waals surface area contributed by atoms with Gasteiger partial charge in [-0.15, -0.1) is 0 Å². The lowest BCUT2D eigenvalue weighted by Gasteiger charge is -2.09. The van der Waals surface area contributed by atoms with Crippen LogP contribution in [0.25, 0.3) is 11.0 Å². The first-order chi connectivity index (χ1) is 14.2. The molecule has 0 fully saturated rings. The fraction of sp³-hybridized carbons (Fsp3) is 0.391. The fourth-order valence-corrected chi connectivity index (χ4v) is 4.13. The number of halogens is 1. The van der Waals surface area contributed by atoms with Gasteiger partial charge in [0.2, 0.25) is 5.91 Å². The van der Waals surface area contributed by atoms with Crippen LogP contribution in [-0.2, 0) is 17.8 Å². The van der Waals surface area contributed by atoms with E-state index in [4.69, 9.17) is 4.98 Å². The quantitative estimate of drug-likeness (QED) is 0.347. The number of hydrogen-bond donors (Lipinski definition) is 1. The van der Waals surface area contributed by atoms with Crippen molar-refractivity contribution in [2.45, 2.75) is 50.7 Å². The van der Waals surface area contributed by atoms with Gasteiger partial charge in [-0.1, -0.05) is 62.2 Å². The number of aryl methyl sites for hydroxylation is 1. The van der Waals surface area contributed by atoms with Gasteiger partial charge in [-0.3, -0.25) is 4.79 Å². The number of carbonyl (C=O) groups is 1. The summed E-state index contributed by atoms with van der Waals surface area (Å²) in [6.45, 7) is 3.68. The number of hydrogen-bond acceptors (Lipinski definition) is 3. The highest BCUT2D eigenvalue weighted by molar-refractivity contribution is 7.99. The van der Waals surface area contributed by atoms with E-state index in [-0.39, 0.29) is 11.7 Å². The van der Waals surface area contributed by atoms with E-state index in [1.54, 1.807) is 12.1 Å². The minimum absolute atomic E-state index is 0.0123. The lowest BCUT2D eigenvalue weighted by molar-refractivity contribution is -0.118. The third-order valence-corrected chi connectivity index (χ3v) is 5.81. The van der Waals surface area contributed by atoms with Gasteiger partial charge < -0.3 is 9.88 Å². The number of rotatable bonds is 11. The summed E-state index contributed by atoms with van der Waals surface area (Å²) in [6.07, 6.45) is 5.46. The van der Waals surface area contributed by atoms with Gasteiger partial charge in [0, 0.05) is 13.1 Å². The number of imidazole rings is 1. The van der Waals surface area contributed by atoms with Crippen molar-refractivity contribution < 1.29 is 9.18 Å². The smallest absolute Gasteiger partial charge is 0.230 e. The number of fused-ring (bicyclic) bond motifs is 1. The normalized spacial score (nSPS) is 11.1. The molecular weight excluding hydrogens is 385 g/mol. The minimum Gasteiger partial charge on any atom is -0.355 e. The van der Waals surface area contributed by atoms with Gasteiger partial charge in [-0.05, 0) is 42.7 Å². The number of nitrogens with zero attached hydrogens (tertiary/aromatic N) is 2. The van der Waals surface area contributed by atoms with Gasteiger partial charge in [-0.25, -0.2) is 9.37 Å². The van der Waals surface area contributed by atoms with Crippen LogP contribution in [-0.4, -0.2) is 27.8 Å². The number of amides is 1. The molecule has 0 atom stereocenters. The Bertz CT molecular complexity index is 924. The molecule has 1 heterocycles. The van der Waals surface area contributed by atoms with Crippen molar-refractivity contribution >= 4 is 28.7 Å². The van der Waals surface area contributed by atoms with E-state index >= 15 is 0 Å². The molecular formula is C23H28FN3OS. The number of carbonyl (C=O) groups excluding carboxylic acids is 1. The Morgan fingerprint density at radius 2 is 1.90 bits per heavy atom. The maximum Gasteiger partial charge on any atom is 0.230 e. The fourth-order valence-electron chi connectivity index (χ4n) is 3.25. The SMILES string of the molecule is CCCCCCn1c(SCC(=O)NCCc2ccc(F)cc2)nc2ccccc21. The highest BCUT2D eigenvalue weighted by Gasteiger charge is 2.12. The molecule has 2 aromatic carbocycles. The summed E-state index contributed by atoms with van der Waals surface area (Å²) in [7, 11) is 0. The molecule has 1 amide bonds. The number of benzene rings is 2. The first-order valence-electron chi connectivity index (χ1n) is 10.3. The molecule has 0 spiro atoms. The molecule has 154 valence electrons. The van der Waals surface area contributed by atoms with Crippen molar-refractivity contribution in [2.75, 3.05) is 12.3 Å². The van der Waals surface area contributed by atoms with E-state index in [1.807, 2.05) is 18.2 Å². The van der Waals surface area contributed by atoms with Gasteiger partial charge in [0.1, 0.15) is 5.82 Å². The Morgan fingerprint density at radius 1 is 1.10 bits per heavy atom. The first kappa shape index (κ1) is 21.4. The summed E-state index contributed by atoms with van der Waals surface area (Å²) < 4.78 is 15.2. The molecule has 0 aliphatic rings. The van der Waals surface area contributed by atoms with E-state index in [9.17, 15) is 9.18 Å². The van der Waals surface area contributed by atoms with Crippen LogP contribution in [0.4, 0.5) is 4.39 Å². The number of unbranched alkanes of at least 4 members (excludes halogenated alkanes) is 3. The lowest BCUT2D eigenvalue weighted by atomic mass is 10.1. The molecule has 29 heavy (non-hydrogen) atoms. The zero-order valence-electron chi connectivity index (χ0n) is 16.9. The summed E-state index contributed by atoms with van der Waals surface area (Å²) in [6, 6.07) is 14.5. The second-order valence-electron chi connectivity index (χ2n) is 7.11. The van der Waals surface area contributed by atoms with Crippen LogP contribution in [0.3, 0.4) is 0 Å². The number of nitrogens with one attached hydrogen (secondary N) is 1. The van der Waals surface area contributed by atoms with E-state index in [0.29, 0.717) is 18.7 Å². The monoisotopic (exact) mass is 413 g/mol. The molecule has 0 aliphatic carbocycles. The Kier molecular flexibility index (Phi) is 8.11. The molecule has 3 aromatic rings. The van der Waals surface area contributed by atoms with Crippen molar-refractivity contribution in [2.24, 2.45) is 0 Å². The molecule has 0 saturated carbocycles. The summed E-state index contributed by atoms with van der Waals surface area (Å²) >= 11 is 1.48. The van der Waals surface area contributed by atoms with Gasteiger partial charge in [0.05, 0.1) is 16.8 Å². The number of para-hydroxylation sites is 2. The lowest BCUT2D eigenvalue weighted by Crippen LogP contribution is -2.27. The van der Waals surface area contributed by atoms with E-state index < -0.39 is 0 Å². The average molecular weight is 414 g/mol. The highest BCUT2D eigenvalue weighted by Crippen LogP contribution is 2.24. The molecule has 1 N–H and O–H groups in total. The Hall–Kier alpha value is -2.34. The predicted octanol–water partition coefficient (Wildman–Crippen LogP) is 5.21. The van der Waals surface area contributed by atoms with Crippen LogP contribution in [0, 0.1) is 5.82 Å². The van der Waals surface area contributed by atoms with Crippen molar-refractivity contribution in [3.63, 3.8) is 0 Å². The van der Waals surface area contributed by atoms with E-state index in [1.165, 1.54) is 43.2 Å². The van der Waals surface area contributed by atoms with Crippen LogP contribution < -0.4 is 5.32 Å². The Morgan fingerprint density at radius 3 is 2.69 bits per heavy atom. The minimum atomic E-state index is -0.244. The van der Waals surface area contributed by atoms with Crippen LogP contribution in [0.15, 0.2) is 53.7 Å². The second-order valence-corrected chi connectivity index (χ2v) is 8.05. The molecule has 0 unspecified atom stereocenters. The maximum atomic E-state index is 12.9. The standard InChI is InChI=1S/C23H28FN3OS/c1-2-3-4-7-16-27-21-9-6-5-8-20(21)26-23(27)29-17-22(28)25-15-14-18-10-12-19(24)13-11-18/h5-6,8-13H,2-4,7,14-17H2,1H3,(H,25,28). The molecule has 6 heteroatoms. The molecule has 1 aromatic heterocycles. The third-order valence-electron chi connectivity index (χ3n) is 4.84. The average Bonchev–Trinajstić information content (AvgIpc) is 3.09. The highest BCUT2D eigenvalue weighted by atomic mass is 32.2. The zero-order valence-corrected chi connectivity index (χ0v) is 17.7. The summed E-state index contributed by atoms with van der Waals surface area (Å²) in [5.41, 5.74) is 3.11. The topological polar surface area (TPSA) is 46.9 Å². The van der Waals surface area contributed by atoms with Gasteiger partial charge in [-0.2, -0.15) is 0 Å². The van der Waals surface area contributed by atoms with Crippen molar-refractivity contribution in [1.82, 2.24) is 14.9 Å². The van der Waals surface area contributed by atoms with E-state index in [2.05, 4.69) is 22.9 Å². The summed E-state index contributed by atoms with van der Waals surface area (Å²) in [5, 5.41) is 3.84. The number of aromatic nitrogens is 2. The van der Waals surface area contributed by atoms with Gasteiger partial charge in [0.25, 0.3) is 0 Å². The second kappa shape index (κ2) is 11.0. The molecule has 0 radical (unpaired) electrons. The van der Waals surface area contributed by atoms with Crippen LogP contribution in [0.2, 0.25) is 0 Å². The summed E-state index contributed by atoms with van der Waals surface area (Å²) in [4.78, 5) is 17.0. The van der Waals surface area contributed by atoms with Crippen LogP contribution >= 0.6 is 11.8 Å².